The Labute approximate surface area is 218 Å². The van der Waals surface area contributed by atoms with Gasteiger partial charge in [0, 0.05) is 4.91 Å². The molecule has 0 aliphatic carbocycles. The van der Waals surface area contributed by atoms with Crippen LogP contribution < -0.4 is 0 Å². The highest BCUT2D eigenvalue weighted by Gasteiger charge is 2.46. The molecule has 7 heteroatoms. The molecule has 37 heavy (non-hydrogen) atoms. The van der Waals surface area contributed by atoms with Gasteiger partial charge in [-0.2, -0.15) is 0 Å². The van der Waals surface area contributed by atoms with Crippen molar-refractivity contribution in [3.8, 4) is 0 Å². The van der Waals surface area contributed by atoms with E-state index in [1.165, 1.54) is 0 Å². The van der Waals surface area contributed by atoms with Crippen LogP contribution in [0.25, 0.3) is 10.4 Å². The predicted molar refractivity (Wildman–Crippen MR) is 143 cm³/mol. The van der Waals surface area contributed by atoms with E-state index < -0.39 is 30.5 Å². The van der Waals surface area contributed by atoms with E-state index >= 15 is 0 Å². The van der Waals surface area contributed by atoms with Crippen LogP contribution >= 0.6 is 0 Å². The van der Waals surface area contributed by atoms with E-state index in [1.807, 2.05) is 91.0 Å². The zero-order chi connectivity index (χ0) is 25.7. The summed E-state index contributed by atoms with van der Waals surface area (Å²) < 4.78 is 25.4. The minimum atomic E-state index is -0.585. The highest BCUT2D eigenvalue weighted by molar-refractivity contribution is 5.15. The van der Waals surface area contributed by atoms with Gasteiger partial charge in [0.1, 0.15) is 12.2 Å². The summed E-state index contributed by atoms with van der Waals surface area (Å²) in [4.78, 5) is 3.12. The molecule has 0 bridgehead atoms. The monoisotopic (exact) mass is 499 g/mol. The second-order valence-corrected chi connectivity index (χ2v) is 8.96. The van der Waals surface area contributed by atoms with E-state index in [0.29, 0.717) is 32.8 Å². The zero-order valence-corrected chi connectivity index (χ0v) is 20.8. The molecule has 1 fully saturated rings. The van der Waals surface area contributed by atoms with Crippen LogP contribution in [0.15, 0.2) is 109 Å². The van der Waals surface area contributed by atoms with Gasteiger partial charge in [-0.05, 0) is 28.6 Å². The second kappa shape index (κ2) is 14.3. The highest BCUT2D eigenvalue weighted by Crippen LogP contribution is 2.32. The molecule has 192 valence electrons. The molecule has 0 amide bonds. The minimum absolute atomic E-state index is 0.302. The molecule has 0 aromatic heterocycles. The summed E-state index contributed by atoms with van der Waals surface area (Å²) in [7, 11) is 0. The predicted octanol–water partition coefficient (Wildman–Crippen LogP) is 6.40. The molecule has 1 saturated heterocycles. The SMILES string of the molecule is C=CC[C@@H]1O[C@H](COCc2ccccc2)[C@@H](OCc2ccccc2)[C@H](OCc2ccccc2)[C@H]1N=[N+]=[N-]. The van der Waals surface area contributed by atoms with Gasteiger partial charge in [-0.15, -0.1) is 6.58 Å². The average molecular weight is 500 g/mol. The number of hydrogen-bond donors (Lipinski definition) is 0. The quantitative estimate of drug-likeness (QED) is 0.118. The van der Waals surface area contributed by atoms with Crippen molar-refractivity contribution >= 4 is 0 Å². The van der Waals surface area contributed by atoms with Gasteiger partial charge in [-0.1, -0.05) is 102 Å². The number of rotatable bonds is 13. The van der Waals surface area contributed by atoms with E-state index in [0.717, 1.165) is 16.7 Å². The first kappa shape index (κ1) is 26.6. The van der Waals surface area contributed by atoms with E-state index in [2.05, 4.69) is 16.6 Å². The van der Waals surface area contributed by atoms with E-state index in [1.54, 1.807) is 6.08 Å². The Hall–Kier alpha value is -3.45. The van der Waals surface area contributed by atoms with E-state index in [9.17, 15) is 5.53 Å². The van der Waals surface area contributed by atoms with Crippen molar-refractivity contribution in [3.63, 3.8) is 0 Å². The molecule has 4 rings (SSSR count). The Morgan fingerprint density at radius 2 is 1.27 bits per heavy atom. The van der Waals surface area contributed by atoms with Crippen LogP contribution in [0.2, 0.25) is 0 Å². The number of azide groups is 1. The Balaban J connectivity index is 1.57. The third kappa shape index (κ3) is 7.76. The Kier molecular flexibility index (Phi) is 10.3. The lowest BCUT2D eigenvalue weighted by molar-refractivity contribution is -0.227. The van der Waals surface area contributed by atoms with E-state index in [4.69, 9.17) is 18.9 Å². The van der Waals surface area contributed by atoms with Gasteiger partial charge < -0.3 is 18.9 Å². The molecule has 1 heterocycles. The molecule has 3 aromatic rings. The summed E-state index contributed by atoms with van der Waals surface area (Å²) in [5.41, 5.74) is 12.5. The zero-order valence-electron chi connectivity index (χ0n) is 20.8. The number of nitrogens with zero attached hydrogens (tertiary/aromatic N) is 3. The van der Waals surface area contributed by atoms with Crippen molar-refractivity contribution < 1.29 is 18.9 Å². The summed E-state index contributed by atoms with van der Waals surface area (Å²) >= 11 is 0. The number of benzene rings is 3. The standard InChI is InChI=1S/C30H33N3O4/c1-2-12-26-28(32-33-31)30(36-21-25-17-10-5-11-18-25)29(35-20-24-15-8-4-9-16-24)27(37-26)22-34-19-23-13-6-3-7-14-23/h2-11,13-18,26-30H,1,12,19-22H2/t26-,27+,28-,29+,30+/m0/s1. The lowest BCUT2D eigenvalue weighted by atomic mass is 9.91. The van der Waals surface area contributed by atoms with Crippen LogP contribution in [0, 0.1) is 0 Å². The van der Waals surface area contributed by atoms with Crippen molar-refractivity contribution in [3.05, 3.63) is 131 Å². The summed E-state index contributed by atoms with van der Waals surface area (Å²) in [5.74, 6) is 0. The Morgan fingerprint density at radius 1 is 0.757 bits per heavy atom. The van der Waals surface area contributed by atoms with Crippen molar-refractivity contribution in [1.29, 1.82) is 0 Å². The molecule has 5 atom stereocenters. The summed E-state index contributed by atoms with van der Waals surface area (Å²) in [6.07, 6.45) is 0.390. The van der Waals surface area contributed by atoms with Gasteiger partial charge in [0.2, 0.25) is 0 Å². The second-order valence-electron chi connectivity index (χ2n) is 8.96. The van der Waals surface area contributed by atoms with Crippen LogP contribution in [-0.4, -0.2) is 37.1 Å². The third-order valence-electron chi connectivity index (χ3n) is 6.31. The average Bonchev–Trinajstić information content (AvgIpc) is 2.94. The molecule has 7 nitrogen and oxygen atoms in total. The molecule has 0 saturated carbocycles. The number of hydrogen-bond acceptors (Lipinski definition) is 5. The van der Waals surface area contributed by atoms with Gasteiger partial charge in [-0.3, -0.25) is 0 Å². The van der Waals surface area contributed by atoms with Crippen LogP contribution in [-0.2, 0) is 38.8 Å². The first-order valence-corrected chi connectivity index (χ1v) is 12.5. The lowest BCUT2D eigenvalue weighted by Gasteiger charge is -2.45. The van der Waals surface area contributed by atoms with Crippen molar-refractivity contribution in [2.75, 3.05) is 6.61 Å². The molecular formula is C30H33N3O4. The van der Waals surface area contributed by atoms with Crippen molar-refractivity contribution in [1.82, 2.24) is 0 Å². The van der Waals surface area contributed by atoms with Gasteiger partial charge in [0.25, 0.3) is 0 Å². The van der Waals surface area contributed by atoms with E-state index in [-0.39, 0.29) is 0 Å². The van der Waals surface area contributed by atoms with Gasteiger partial charge in [-0.25, -0.2) is 0 Å². The molecule has 0 radical (unpaired) electrons. The fourth-order valence-corrected chi connectivity index (χ4v) is 4.49. The molecular weight excluding hydrogens is 466 g/mol. The van der Waals surface area contributed by atoms with Gasteiger partial charge in [0.15, 0.2) is 0 Å². The molecule has 0 unspecified atom stereocenters. The van der Waals surface area contributed by atoms with Gasteiger partial charge in [0.05, 0.1) is 44.7 Å². The molecule has 0 N–H and O–H groups in total. The maximum Gasteiger partial charge on any atom is 0.113 e. The fraction of sp³-hybridized carbons (Fsp3) is 0.333. The Bertz CT molecular complexity index is 1120. The van der Waals surface area contributed by atoms with Crippen LogP contribution in [0.4, 0.5) is 0 Å². The van der Waals surface area contributed by atoms with Crippen molar-refractivity contribution in [2.45, 2.75) is 56.7 Å². The smallest absolute Gasteiger partial charge is 0.113 e. The highest BCUT2D eigenvalue weighted by atomic mass is 16.6. The van der Waals surface area contributed by atoms with Crippen LogP contribution in [0.5, 0.6) is 0 Å². The van der Waals surface area contributed by atoms with Gasteiger partial charge >= 0.3 is 0 Å². The summed E-state index contributed by atoms with van der Waals surface area (Å²) in [6.45, 7) is 5.34. The van der Waals surface area contributed by atoms with Crippen molar-refractivity contribution in [2.24, 2.45) is 5.11 Å². The molecule has 1 aliphatic heterocycles. The first-order chi connectivity index (χ1) is 18.3. The maximum absolute atomic E-state index is 9.39. The molecule has 3 aromatic carbocycles. The van der Waals surface area contributed by atoms with Crippen LogP contribution in [0.1, 0.15) is 23.1 Å². The normalized spacial score (nSPS) is 23.2. The van der Waals surface area contributed by atoms with Crippen LogP contribution in [0.3, 0.4) is 0 Å². The Morgan fingerprint density at radius 3 is 1.78 bits per heavy atom. The topological polar surface area (TPSA) is 85.7 Å². The fourth-order valence-electron chi connectivity index (χ4n) is 4.49. The molecule has 0 spiro atoms. The third-order valence-corrected chi connectivity index (χ3v) is 6.31. The summed E-state index contributed by atoms with van der Waals surface area (Å²) in [5, 5.41) is 4.11. The number of ether oxygens (including phenoxy) is 4. The maximum atomic E-state index is 9.39. The first-order valence-electron chi connectivity index (χ1n) is 12.5. The summed E-state index contributed by atoms with van der Waals surface area (Å²) in [6, 6.07) is 29.3. The molecule has 1 aliphatic rings. The minimum Gasteiger partial charge on any atom is -0.374 e. The largest absolute Gasteiger partial charge is 0.374 e. The lowest BCUT2D eigenvalue weighted by Crippen LogP contribution is -2.59.